The number of fused-ring (bicyclic) bond motifs is 1. The molecule has 0 spiro atoms. The van der Waals surface area contributed by atoms with Gasteiger partial charge in [-0.1, -0.05) is 18.2 Å². The SMILES string of the molecule is COc1cc(C(C)=Nn2c(-c3ccc4c(c3)NC(=O)CO4)csc2=Nc2c(C)n(C)n(-c3ccccc3)c2=O)cc(OC)c1OC. The van der Waals surface area contributed by atoms with Gasteiger partial charge >= 0.3 is 0 Å². The second kappa shape index (κ2) is 12.4. The molecule has 5 aromatic rings. The Morgan fingerprint density at radius 3 is 2.37 bits per heavy atom. The molecule has 0 aliphatic carbocycles. The Bertz CT molecular complexity index is 2100. The number of benzene rings is 3. The Hall–Kier alpha value is -5.56. The summed E-state index contributed by atoms with van der Waals surface area (Å²) in [5.41, 5.74) is 4.79. The number of carbonyl (C=O) groups is 1. The maximum atomic E-state index is 13.8. The van der Waals surface area contributed by atoms with Crippen LogP contribution in [-0.4, -0.2) is 53.6 Å². The van der Waals surface area contributed by atoms with Gasteiger partial charge in [-0.25, -0.2) is 14.4 Å². The van der Waals surface area contributed by atoms with E-state index in [0.29, 0.717) is 56.3 Å². The zero-order chi connectivity index (χ0) is 32.5. The summed E-state index contributed by atoms with van der Waals surface area (Å²) in [5.74, 6) is 1.78. The molecule has 6 rings (SSSR count). The summed E-state index contributed by atoms with van der Waals surface area (Å²) in [7, 11) is 6.48. The molecule has 2 aromatic heterocycles. The molecule has 0 bridgehead atoms. The smallest absolute Gasteiger partial charge is 0.297 e. The fourth-order valence-electron chi connectivity index (χ4n) is 5.19. The standard InChI is InChI=1S/C33H32N6O6S/c1-19(22-15-27(42-4)31(44-6)28(16-22)43-5)36-38-25(21-12-13-26-24(14-21)34-29(40)17-45-26)18-46-33(38)35-30-20(2)37(3)39(32(30)41)23-10-8-7-9-11-23/h7-16,18H,17H2,1-6H3,(H,34,40). The summed E-state index contributed by atoms with van der Waals surface area (Å²) in [6.07, 6.45) is 0. The van der Waals surface area contributed by atoms with Crippen molar-refractivity contribution in [2.75, 3.05) is 33.3 Å². The van der Waals surface area contributed by atoms with Crippen molar-refractivity contribution in [3.63, 3.8) is 0 Å². The van der Waals surface area contributed by atoms with E-state index in [1.54, 1.807) is 41.4 Å². The first-order valence-electron chi connectivity index (χ1n) is 14.3. The van der Waals surface area contributed by atoms with Gasteiger partial charge in [0.25, 0.3) is 11.5 Å². The number of nitrogens with zero attached hydrogens (tertiary/aromatic N) is 5. The quantitative estimate of drug-likeness (QED) is 0.242. The molecule has 1 aliphatic heterocycles. The maximum absolute atomic E-state index is 13.8. The minimum atomic E-state index is -0.258. The van der Waals surface area contributed by atoms with Crippen molar-refractivity contribution in [1.29, 1.82) is 0 Å². The fraction of sp³-hybridized carbons (Fsp3) is 0.212. The monoisotopic (exact) mass is 640 g/mol. The summed E-state index contributed by atoms with van der Waals surface area (Å²) in [4.78, 5) is 31.2. The lowest BCUT2D eigenvalue weighted by Crippen LogP contribution is -2.25. The van der Waals surface area contributed by atoms with E-state index in [0.717, 1.165) is 16.8 Å². The first-order valence-corrected chi connectivity index (χ1v) is 15.1. The van der Waals surface area contributed by atoms with Crippen LogP contribution in [0.5, 0.6) is 23.0 Å². The van der Waals surface area contributed by atoms with Crippen LogP contribution in [0.1, 0.15) is 18.2 Å². The largest absolute Gasteiger partial charge is 0.493 e. The zero-order valence-electron chi connectivity index (χ0n) is 26.2. The molecule has 1 N–H and O–H groups in total. The number of hydrogen-bond donors (Lipinski definition) is 1. The highest BCUT2D eigenvalue weighted by Crippen LogP contribution is 2.38. The van der Waals surface area contributed by atoms with Crippen LogP contribution in [0.15, 0.2) is 80.9 Å². The third kappa shape index (κ3) is 5.45. The van der Waals surface area contributed by atoms with Gasteiger partial charge in [0.15, 0.2) is 23.8 Å². The Labute approximate surface area is 268 Å². The Morgan fingerprint density at radius 2 is 1.70 bits per heavy atom. The Balaban J connectivity index is 1.56. The molecular weight excluding hydrogens is 608 g/mol. The lowest BCUT2D eigenvalue weighted by Gasteiger charge is -2.18. The Kier molecular flexibility index (Phi) is 8.24. The number of amides is 1. The molecule has 3 aromatic carbocycles. The van der Waals surface area contributed by atoms with Gasteiger partial charge in [0, 0.05) is 23.6 Å². The number of methoxy groups -OCH3 is 3. The zero-order valence-corrected chi connectivity index (χ0v) is 27.0. The highest BCUT2D eigenvalue weighted by Gasteiger charge is 2.21. The molecule has 0 atom stereocenters. The second-order valence-corrected chi connectivity index (χ2v) is 11.2. The molecular formula is C33H32N6O6S. The van der Waals surface area contributed by atoms with E-state index in [-0.39, 0.29) is 18.1 Å². The van der Waals surface area contributed by atoms with Gasteiger partial charge in [0.05, 0.1) is 49.8 Å². The number of ether oxygens (including phenoxy) is 4. The predicted octanol–water partition coefficient (Wildman–Crippen LogP) is 4.88. The van der Waals surface area contributed by atoms with Crippen LogP contribution in [0.25, 0.3) is 16.9 Å². The number of nitrogens with one attached hydrogen (secondary N) is 1. The number of hydrogen-bond acceptors (Lipinski definition) is 9. The van der Waals surface area contributed by atoms with Crippen molar-refractivity contribution < 1.29 is 23.7 Å². The highest BCUT2D eigenvalue weighted by atomic mass is 32.1. The van der Waals surface area contributed by atoms with Crippen molar-refractivity contribution in [2.45, 2.75) is 13.8 Å². The number of aromatic nitrogens is 3. The van der Waals surface area contributed by atoms with Crippen LogP contribution >= 0.6 is 11.3 Å². The van der Waals surface area contributed by atoms with Gasteiger partial charge in [0.1, 0.15) is 5.75 Å². The summed E-state index contributed by atoms with van der Waals surface area (Å²) >= 11 is 1.33. The van der Waals surface area contributed by atoms with Crippen molar-refractivity contribution in [2.24, 2.45) is 17.1 Å². The van der Waals surface area contributed by atoms with Crippen LogP contribution in [0, 0.1) is 6.92 Å². The van der Waals surface area contributed by atoms with E-state index in [9.17, 15) is 9.59 Å². The van der Waals surface area contributed by atoms with Crippen LogP contribution in [0.4, 0.5) is 11.4 Å². The van der Waals surface area contributed by atoms with E-state index in [1.165, 1.54) is 11.3 Å². The van der Waals surface area contributed by atoms with E-state index in [1.807, 2.05) is 80.9 Å². The molecule has 13 heteroatoms. The van der Waals surface area contributed by atoms with Gasteiger partial charge in [0.2, 0.25) is 10.6 Å². The van der Waals surface area contributed by atoms with Crippen molar-refractivity contribution in [3.05, 3.63) is 92.5 Å². The lowest BCUT2D eigenvalue weighted by atomic mass is 10.1. The third-order valence-electron chi connectivity index (χ3n) is 7.66. The maximum Gasteiger partial charge on any atom is 0.297 e. The van der Waals surface area contributed by atoms with Gasteiger partial charge in [-0.05, 0) is 56.3 Å². The summed E-state index contributed by atoms with van der Waals surface area (Å²) in [6, 6.07) is 18.6. The minimum Gasteiger partial charge on any atom is -0.493 e. The highest BCUT2D eigenvalue weighted by molar-refractivity contribution is 7.07. The number of rotatable bonds is 8. The van der Waals surface area contributed by atoms with Crippen LogP contribution in [0.2, 0.25) is 0 Å². The number of carbonyl (C=O) groups excluding carboxylic acids is 1. The van der Waals surface area contributed by atoms with Gasteiger partial charge in [-0.3, -0.25) is 14.3 Å². The Morgan fingerprint density at radius 1 is 0.978 bits per heavy atom. The number of para-hydroxylation sites is 1. The van der Waals surface area contributed by atoms with E-state index < -0.39 is 0 Å². The summed E-state index contributed by atoms with van der Waals surface area (Å²) in [6.45, 7) is 3.67. The van der Waals surface area contributed by atoms with E-state index >= 15 is 0 Å². The average molecular weight is 641 g/mol. The molecule has 0 saturated heterocycles. The lowest BCUT2D eigenvalue weighted by molar-refractivity contribution is -0.118. The average Bonchev–Trinajstić information content (AvgIpc) is 3.56. The summed E-state index contributed by atoms with van der Waals surface area (Å²) < 4.78 is 27.3. The first-order chi connectivity index (χ1) is 22.2. The predicted molar refractivity (Wildman–Crippen MR) is 177 cm³/mol. The van der Waals surface area contributed by atoms with E-state index in [2.05, 4.69) is 5.32 Å². The van der Waals surface area contributed by atoms with Crippen LogP contribution in [-0.2, 0) is 11.8 Å². The number of anilines is 1. The third-order valence-corrected chi connectivity index (χ3v) is 8.47. The van der Waals surface area contributed by atoms with Gasteiger partial charge < -0.3 is 24.3 Å². The molecule has 0 unspecified atom stereocenters. The topological polar surface area (TPSA) is 123 Å². The molecule has 0 radical (unpaired) electrons. The number of thiazole rings is 1. The fourth-order valence-corrected chi connectivity index (χ4v) is 6.03. The molecule has 0 fully saturated rings. The van der Waals surface area contributed by atoms with Crippen molar-refractivity contribution in [1.82, 2.24) is 14.0 Å². The van der Waals surface area contributed by atoms with Crippen molar-refractivity contribution in [3.8, 4) is 39.9 Å². The molecule has 1 amide bonds. The molecule has 236 valence electrons. The minimum absolute atomic E-state index is 0.0387. The van der Waals surface area contributed by atoms with Crippen molar-refractivity contribution >= 4 is 34.3 Å². The van der Waals surface area contributed by atoms with Crippen LogP contribution < -0.4 is 34.6 Å². The normalized spacial score (nSPS) is 13.2. The second-order valence-electron chi connectivity index (χ2n) is 10.4. The molecule has 1 aliphatic rings. The molecule has 46 heavy (non-hydrogen) atoms. The molecule has 3 heterocycles. The summed E-state index contributed by atoms with van der Waals surface area (Å²) in [5, 5.41) is 9.78. The molecule has 12 nitrogen and oxygen atoms in total. The molecule has 0 saturated carbocycles. The van der Waals surface area contributed by atoms with Gasteiger partial charge in [-0.15, -0.1) is 11.3 Å². The first kappa shape index (κ1) is 30.5. The van der Waals surface area contributed by atoms with E-state index in [4.69, 9.17) is 29.0 Å². The van der Waals surface area contributed by atoms with Crippen LogP contribution in [0.3, 0.4) is 0 Å². The van der Waals surface area contributed by atoms with Gasteiger partial charge in [-0.2, -0.15) is 5.10 Å².